The van der Waals surface area contributed by atoms with Crippen molar-refractivity contribution >= 4 is 17.3 Å². The lowest BCUT2D eigenvalue weighted by Crippen LogP contribution is -2.16. The lowest BCUT2D eigenvalue weighted by Gasteiger charge is -2.05. The summed E-state index contributed by atoms with van der Waals surface area (Å²) in [6.45, 7) is 0.844. The van der Waals surface area contributed by atoms with Gasteiger partial charge in [0.2, 0.25) is 0 Å². The Morgan fingerprint density at radius 1 is 1.47 bits per heavy atom. The maximum Gasteiger partial charge on any atom is 0.275 e. The fourth-order valence-corrected chi connectivity index (χ4v) is 1.80. The van der Waals surface area contributed by atoms with E-state index >= 15 is 0 Å². The summed E-state index contributed by atoms with van der Waals surface area (Å²) in [4.78, 5) is 10.5. The first-order chi connectivity index (χ1) is 9.08. The van der Waals surface area contributed by atoms with Gasteiger partial charge in [0, 0.05) is 30.2 Å². The Morgan fingerprint density at radius 2 is 2.26 bits per heavy atom. The van der Waals surface area contributed by atoms with E-state index in [0.29, 0.717) is 23.7 Å². The molecule has 7 nitrogen and oxygen atoms in total. The van der Waals surface area contributed by atoms with E-state index in [0.717, 1.165) is 5.82 Å². The van der Waals surface area contributed by atoms with Crippen molar-refractivity contribution in [3.8, 4) is 0 Å². The van der Waals surface area contributed by atoms with E-state index in [-0.39, 0.29) is 5.69 Å². The van der Waals surface area contributed by atoms with Gasteiger partial charge in [0.05, 0.1) is 11.5 Å². The van der Waals surface area contributed by atoms with Gasteiger partial charge in [0.15, 0.2) is 0 Å². The molecule has 2 aromatic rings. The van der Waals surface area contributed by atoms with Crippen LogP contribution in [-0.2, 0) is 20.1 Å². The summed E-state index contributed by atoms with van der Waals surface area (Å²) in [6, 6.07) is 4.62. The average Bonchev–Trinajstić information content (AvgIpc) is 2.77. The molecule has 8 heteroatoms. The maximum atomic E-state index is 10.9. The van der Waals surface area contributed by atoms with E-state index in [4.69, 9.17) is 11.6 Å². The van der Waals surface area contributed by atoms with Gasteiger partial charge in [-0.05, 0) is 12.1 Å². The number of aromatic nitrogens is 3. The highest BCUT2D eigenvalue weighted by Gasteiger charge is 2.13. The number of aryl methyl sites for hydroxylation is 1. The Bertz CT molecular complexity index is 599. The number of hydrogen-bond acceptors (Lipinski definition) is 5. The smallest absolute Gasteiger partial charge is 0.275 e. The van der Waals surface area contributed by atoms with E-state index in [1.807, 2.05) is 7.05 Å². The predicted molar refractivity (Wildman–Crippen MR) is 69.7 cm³/mol. The largest absolute Gasteiger partial charge is 0.320 e. The van der Waals surface area contributed by atoms with Crippen LogP contribution in [0.4, 0.5) is 5.69 Å². The standard InChI is InChI=1S/C11H12ClN5O2/c1-16-7-14-15-11(16)6-13-5-8-2-3-9(12)4-10(8)17(18)19/h2-4,7,13H,5-6H2,1H3. The molecule has 1 aromatic heterocycles. The molecule has 1 aromatic carbocycles. The van der Waals surface area contributed by atoms with Crippen LogP contribution in [0.2, 0.25) is 5.02 Å². The van der Waals surface area contributed by atoms with E-state index in [9.17, 15) is 10.1 Å². The number of nitro benzene ring substituents is 1. The summed E-state index contributed by atoms with van der Waals surface area (Å²) in [7, 11) is 1.84. The third-order valence-corrected chi connectivity index (χ3v) is 2.88. The summed E-state index contributed by atoms with van der Waals surface area (Å²) in [5, 5.41) is 22.0. The van der Waals surface area contributed by atoms with E-state index < -0.39 is 4.92 Å². The van der Waals surface area contributed by atoms with Crippen molar-refractivity contribution in [2.24, 2.45) is 7.05 Å². The fourth-order valence-electron chi connectivity index (χ4n) is 1.63. The molecular weight excluding hydrogens is 270 g/mol. The highest BCUT2D eigenvalue weighted by Crippen LogP contribution is 2.22. The minimum Gasteiger partial charge on any atom is -0.320 e. The zero-order valence-electron chi connectivity index (χ0n) is 10.2. The van der Waals surface area contributed by atoms with Gasteiger partial charge in [0.25, 0.3) is 5.69 Å². The molecule has 1 N–H and O–H groups in total. The molecule has 0 amide bonds. The van der Waals surface area contributed by atoms with Crippen LogP contribution in [0.3, 0.4) is 0 Å². The van der Waals surface area contributed by atoms with Gasteiger partial charge in [0.1, 0.15) is 12.2 Å². The van der Waals surface area contributed by atoms with Gasteiger partial charge in [-0.15, -0.1) is 10.2 Å². The van der Waals surface area contributed by atoms with Crippen LogP contribution in [0.15, 0.2) is 24.5 Å². The highest BCUT2D eigenvalue weighted by atomic mass is 35.5. The van der Waals surface area contributed by atoms with Crippen LogP contribution in [0.25, 0.3) is 0 Å². The molecule has 0 saturated heterocycles. The molecule has 0 atom stereocenters. The van der Waals surface area contributed by atoms with Crippen molar-refractivity contribution in [3.05, 3.63) is 51.1 Å². The van der Waals surface area contributed by atoms with E-state index in [2.05, 4.69) is 15.5 Å². The Morgan fingerprint density at radius 3 is 2.89 bits per heavy atom. The number of nitrogens with zero attached hydrogens (tertiary/aromatic N) is 4. The number of rotatable bonds is 5. The maximum absolute atomic E-state index is 10.9. The molecule has 0 aliphatic rings. The second-order valence-electron chi connectivity index (χ2n) is 3.99. The van der Waals surface area contributed by atoms with Gasteiger partial charge in [-0.1, -0.05) is 11.6 Å². The number of nitrogens with one attached hydrogen (secondary N) is 1. The van der Waals surface area contributed by atoms with Crippen LogP contribution in [0, 0.1) is 10.1 Å². The lowest BCUT2D eigenvalue weighted by molar-refractivity contribution is -0.385. The second-order valence-corrected chi connectivity index (χ2v) is 4.43. The lowest BCUT2D eigenvalue weighted by atomic mass is 10.2. The van der Waals surface area contributed by atoms with Crippen molar-refractivity contribution in [1.29, 1.82) is 0 Å². The molecule has 2 rings (SSSR count). The first-order valence-corrected chi connectivity index (χ1v) is 5.92. The summed E-state index contributed by atoms with van der Waals surface area (Å²) in [5.74, 6) is 0.761. The van der Waals surface area contributed by atoms with Gasteiger partial charge in [-0.25, -0.2) is 0 Å². The molecular formula is C11H12ClN5O2. The van der Waals surface area contributed by atoms with Crippen LogP contribution in [-0.4, -0.2) is 19.7 Å². The molecule has 0 unspecified atom stereocenters. The van der Waals surface area contributed by atoms with Crippen LogP contribution < -0.4 is 5.32 Å². The third kappa shape index (κ3) is 3.27. The van der Waals surface area contributed by atoms with Crippen molar-refractivity contribution in [2.45, 2.75) is 13.1 Å². The molecule has 0 fully saturated rings. The zero-order valence-corrected chi connectivity index (χ0v) is 11.0. The molecule has 19 heavy (non-hydrogen) atoms. The predicted octanol–water partition coefficient (Wildman–Crippen LogP) is 1.67. The van der Waals surface area contributed by atoms with Gasteiger partial charge in [-0.2, -0.15) is 0 Å². The Hall–Kier alpha value is -1.99. The number of benzene rings is 1. The quantitative estimate of drug-likeness (QED) is 0.665. The highest BCUT2D eigenvalue weighted by molar-refractivity contribution is 6.30. The third-order valence-electron chi connectivity index (χ3n) is 2.65. The monoisotopic (exact) mass is 281 g/mol. The summed E-state index contributed by atoms with van der Waals surface area (Å²) in [6.07, 6.45) is 1.60. The van der Waals surface area contributed by atoms with Crippen molar-refractivity contribution in [1.82, 2.24) is 20.1 Å². The van der Waals surface area contributed by atoms with Crippen molar-refractivity contribution in [3.63, 3.8) is 0 Å². The number of hydrogen-bond donors (Lipinski definition) is 1. The summed E-state index contributed by atoms with van der Waals surface area (Å²) >= 11 is 5.75. The molecule has 0 bridgehead atoms. The molecule has 1 heterocycles. The SMILES string of the molecule is Cn1cnnc1CNCc1ccc(Cl)cc1[N+](=O)[O-]. The summed E-state index contributed by atoms with van der Waals surface area (Å²) < 4.78 is 1.78. The molecule has 0 radical (unpaired) electrons. The first-order valence-electron chi connectivity index (χ1n) is 5.54. The summed E-state index contributed by atoms with van der Waals surface area (Å²) in [5.41, 5.74) is 0.592. The zero-order chi connectivity index (χ0) is 13.8. The topological polar surface area (TPSA) is 85.9 Å². The minimum absolute atomic E-state index is 0.0120. The molecule has 0 aliphatic heterocycles. The molecule has 100 valence electrons. The second kappa shape index (κ2) is 5.77. The number of halogens is 1. The van der Waals surface area contributed by atoms with E-state index in [1.165, 1.54) is 6.07 Å². The number of nitro groups is 1. The van der Waals surface area contributed by atoms with E-state index in [1.54, 1.807) is 23.0 Å². The van der Waals surface area contributed by atoms with Crippen molar-refractivity contribution < 1.29 is 4.92 Å². The normalized spacial score (nSPS) is 10.6. The molecule has 0 spiro atoms. The Balaban J connectivity index is 2.03. The Kier molecular flexibility index (Phi) is 4.08. The molecule has 0 aliphatic carbocycles. The first kappa shape index (κ1) is 13.4. The van der Waals surface area contributed by atoms with Crippen LogP contribution in [0.1, 0.15) is 11.4 Å². The van der Waals surface area contributed by atoms with Crippen LogP contribution in [0.5, 0.6) is 0 Å². The molecule has 0 saturated carbocycles. The average molecular weight is 282 g/mol. The Labute approximate surface area is 114 Å². The van der Waals surface area contributed by atoms with Gasteiger partial charge < -0.3 is 9.88 Å². The minimum atomic E-state index is -0.439. The fraction of sp³-hybridized carbons (Fsp3) is 0.273. The van der Waals surface area contributed by atoms with Crippen LogP contribution >= 0.6 is 11.6 Å². The van der Waals surface area contributed by atoms with Gasteiger partial charge >= 0.3 is 0 Å². The van der Waals surface area contributed by atoms with Gasteiger partial charge in [-0.3, -0.25) is 10.1 Å². The van der Waals surface area contributed by atoms with Crippen molar-refractivity contribution in [2.75, 3.05) is 0 Å².